The normalized spacial score (nSPS) is 51.8. The third-order valence-electron chi connectivity index (χ3n) is 3.31. The maximum absolute atomic E-state index is 2.45. The van der Waals surface area contributed by atoms with Crippen LogP contribution in [0.3, 0.4) is 0 Å². The van der Waals surface area contributed by atoms with Gasteiger partial charge in [-0.2, -0.15) is 0 Å². The molecular weight excluding hydrogens is 120 g/mol. The van der Waals surface area contributed by atoms with Crippen LogP contribution in [0.25, 0.3) is 0 Å². The zero-order chi connectivity index (χ0) is 7.19. The van der Waals surface area contributed by atoms with E-state index in [0.717, 1.165) is 11.8 Å². The lowest BCUT2D eigenvalue weighted by atomic mass is 9.62. The molecule has 10 heavy (non-hydrogen) atoms. The molecule has 3 aliphatic rings. The van der Waals surface area contributed by atoms with Crippen LogP contribution in [0.1, 0.15) is 33.1 Å². The lowest BCUT2D eigenvalue weighted by Gasteiger charge is -2.43. The van der Waals surface area contributed by atoms with E-state index in [-0.39, 0.29) is 0 Å². The van der Waals surface area contributed by atoms with Gasteiger partial charge in [-0.15, -0.1) is 0 Å². The molecule has 0 aromatic heterocycles. The molecule has 3 unspecified atom stereocenters. The SMILES string of the molecule is CC1CC2(C)C=CC1CC2. The molecule has 1 saturated carbocycles. The second-order valence-electron chi connectivity index (χ2n) is 4.40. The highest BCUT2D eigenvalue weighted by atomic mass is 14.4. The van der Waals surface area contributed by atoms with Crippen LogP contribution in [-0.2, 0) is 0 Å². The van der Waals surface area contributed by atoms with Gasteiger partial charge in [-0.05, 0) is 36.5 Å². The summed E-state index contributed by atoms with van der Waals surface area (Å²) in [5.74, 6) is 1.87. The maximum atomic E-state index is 2.45. The van der Waals surface area contributed by atoms with Gasteiger partial charge in [0.1, 0.15) is 0 Å². The Morgan fingerprint density at radius 2 is 2.30 bits per heavy atom. The van der Waals surface area contributed by atoms with E-state index < -0.39 is 0 Å². The van der Waals surface area contributed by atoms with Crippen LogP contribution in [0.15, 0.2) is 12.2 Å². The quantitative estimate of drug-likeness (QED) is 0.449. The predicted molar refractivity (Wildman–Crippen MR) is 43.8 cm³/mol. The second-order valence-corrected chi connectivity index (χ2v) is 4.40. The van der Waals surface area contributed by atoms with Crippen LogP contribution in [0.5, 0.6) is 0 Å². The highest BCUT2D eigenvalue weighted by Crippen LogP contribution is 2.47. The van der Waals surface area contributed by atoms with Gasteiger partial charge in [0.05, 0.1) is 0 Å². The summed E-state index contributed by atoms with van der Waals surface area (Å²) >= 11 is 0. The van der Waals surface area contributed by atoms with Crippen LogP contribution in [0.4, 0.5) is 0 Å². The van der Waals surface area contributed by atoms with E-state index >= 15 is 0 Å². The van der Waals surface area contributed by atoms with Crippen LogP contribution in [0.2, 0.25) is 0 Å². The molecule has 0 N–H and O–H groups in total. The molecule has 3 rings (SSSR count). The first kappa shape index (κ1) is 6.45. The highest BCUT2D eigenvalue weighted by molar-refractivity contribution is 5.11. The van der Waals surface area contributed by atoms with Crippen LogP contribution in [-0.4, -0.2) is 0 Å². The minimum atomic E-state index is 0.578. The second kappa shape index (κ2) is 1.87. The van der Waals surface area contributed by atoms with Crippen molar-refractivity contribution in [2.45, 2.75) is 33.1 Å². The molecule has 0 saturated heterocycles. The molecule has 0 aliphatic heterocycles. The Morgan fingerprint density at radius 3 is 2.60 bits per heavy atom. The van der Waals surface area contributed by atoms with E-state index in [0.29, 0.717) is 5.41 Å². The average molecular weight is 136 g/mol. The third-order valence-corrected chi connectivity index (χ3v) is 3.31. The Bertz CT molecular complexity index is 169. The Hall–Kier alpha value is -0.260. The van der Waals surface area contributed by atoms with Gasteiger partial charge in [-0.1, -0.05) is 26.0 Å². The standard InChI is InChI=1S/C10H16/c1-8-7-10(2)5-3-9(8)4-6-10/h3,5,8-9H,4,6-7H2,1-2H3. The molecule has 1 fully saturated rings. The molecule has 56 valence electrons. The molecule has 3 atom stereocenters. The Balaban J connectivity index is 2.28. The van der Waals surface area contributed by atoms with Gasteiger partial charge in [-0.3, -0.25) is 0 Å². The van der Waals surface area contributed by atoms with Gasteiger partial charge in [-0.25, -0.2) is 0 Å². The lowest BCUT2D eigenvalue weighted by molar-refractivity contribution is 0.158. The van der Waals surface area contributed by atoms with Gasteiger partial charge < -0.3 is 0 Å². The first-order valence-corrected chi connectivity index (χ1v) is 4.39. The maximum Gasteiger partial charge on any atom is -0.0143 e. The molecule has 0 radical (unpaired) electrons. The van der Waals surface area contributed by atoms with Crippen molar-refractivity contribution in [1.82, 2.24) is 0 Å². The molecule has 0 heterocycles. The van der Waals surface area contributed by atoms with Crippen molar-refractivity contribution >= 4 is 0 Å². The highest BCUT2D eigenvalue weighted by Gasteiger charge is 2.36. The van der Waals surface area contributed by atoms with Gasteiger partial charge in [0.2, 0.25) is 0 Å². The van der Waals surface area contributed by atoms with Gasteiger partial charge in [0.25, 0.3) is 0 Å². The molecule has 0 nitrogen and oxygen atoms in total. The monoisotopic (exact) mass is 136 g/mol. The zero-order valence-corrected chi connectivity index (χ0v) is 6.93. The molecule has 0 amide bonds. The van der Waals surface area contributed by atoms with Crippen molar-refractivity contribution in [3.8, 4) is 0 Å². The Kier molecular flexibility index (Phi) is 1.21. The average Bonchev–Trinajstić information content (AvgIpc) is 1.87. The van der Waals surface area contributed by atoms with Crippen LogP contribution in [0, 0.1) is 17.3 Å². The van der Waals surface area contributed by atoms with Crippen molar-refractivity contribution in [2.24, 2.45) is 17.3 Å². The molecular formula is C10H16. The number of hydrogen-bond donors (Lipinski definition) is 0. The van der Waals surface area contributed by atoms with Crippen molar-refractivity contribution < 1.29 is 0 Å². The fourth-order valence-electron chi connectivity index (χ4n) is 2.56. The smallest absolute Gasteiger partial charge is 0.0143 e. The third kappa shape index (κ3) is 0.817. The van der Waals surface area contributed by atoms with E-state index in [4.69, 9.17) is 0 Å². The Morgan fingerprint density at radius 1 is 1.50 bits per heavy atom. The van der Waals surface area contributed by atoms with Gasteiger partial charge in [0.15, 0.2) is 0 Å². The fraction of sp³-hybridized carbons (Fsp3) is 0.800. The molecule has 0 spiro atoms. The van der Waals surface area contributed by atoms with Crippen LogP contribution >= 0.6 is 0 Å². The fourth-order valence-corrected chi connectivity index (χ4v) is 2.56. The summed E-state index contributed by atoms with van der Waals surface area (Å²) in [6.07, 6.45) is 9.18. The van der Waals surface area contributed by atoms with Crippen molar-refractivity contribution in [2.75, 3.05) is 0 Å². The summed E-state index contributed by atoms with van der Waals surface area (Å²) in [5.41, 5.74) is 0.578. The molecule has 0 aromatic carbocycles. The van der Waals surface area contributed by atoms with E-state index in [1.807, 2.05) is 0 Å². The van der Waals surface area contributed by atoms with Crippen molar-refractivity contribution in [1.29, 1.82) is 0 Å². The predicted octanol–water partition coefficient (Wildman–Crippen LogP) is 3.00. The summed E-state index contributed by atoms with van der Waals surface area (Å²) in [4.78, 5) is 0. The van der Waals surface area contributed by atoms with E-state index in [9.17, 15) is 0 Å². The topological polar surface area (TPSA) is 0 Å². The molecule has 3 aliphatic carbocycles. The zero-order valence-electron chi connectivity index (χ0n) is 6.93. The number of hydrogen-bond acceptors (Lipinski definition) is 0. The summed E-state index contributed by atoms with van der Waals surface area (Å²) in [5, 5.41) is 0. The number of allylic oxidation sites excluding steroid dienone is 2. The van der Waals surface area contributed by atoms with Crippen molar-refractivity contribution in [3.05, 3.63) is 12.2 Å². The van der Waals surface area contributed by atoms with Gasteiger partial charge in [0, 0.05) is 0 Å². The molecule has 2 bridgehead atoms. The minimum Gasteiger partial charge on any atom is -0.0846 e. The number of rotatable bonds is 0. The van der Waals surface area contributed by atoms with E-state index in [1.54, 1.807) is 0 Å². The lowest BCUT2D eigenvalue weighted by Crippen LogP contribution is -2.32. The number of fused-ring (bicyclic) bond motifs is 2. The Labute approximate surface area is 63.3 Å². The minimum absolute atomic E-state index is 0.578. The van der Waals surface area contributed by atoms with Gasteiger partial charge >= 0.3 is 0 Å². The summed E-state index contributed by atoms with van der Waals surface area (Å²) < 4.78 is 0. The van der Waals surface area contributed by atoms with E-state index in [1.165, 1.54) is 19.3 Å². The molecule has 0 aromatic rings. The largest absolute Gasteiger partial charge is 0.0846 e. The summed E-state index contributed by atoms with van der Waals surface area (Å²) in [6.45, 7) is 4.79. The van der Waals surface area contributed by atoms with E-state index in [2.05, 4.69) is 26.0 Å². The molecule has 0 heteroatoms. The summed E-state index contributed by atoms with van der Waals surface area (Å²) in [7, 11) is 0. The van der Waals surface area contributed by atoms with Crippen LogP contribution < -0.4 is 0 Å². The summed E-state index contributed by atoms with van der Waals surface area (Å²) in [6, 6.07) is 0. The van der Waals surface area contributed by atoms with Crippen molar-refractivity contribution in [3.63, 3.8) is 0 Å². The first-order valence-electron chi connectivity index (χ1n) is 4.39. The first-order chi connectivity index (χ1) is 4.70.